The molecule has 3 heterocycles. The lowest BCUT2D eigenvalue weighted by Crippen LogP contribution is -2.40. The number of furan rings is 1. The standard InChI is InChI=1S/C29H25N3O7S/c1-16(2)38-28(34)25-17(3)30-29-31(26(25)18-8-10-21(37-4)11-9-18)27(33)24(40-29)15-22-12-13-23(39-22)19-6-5-7-20(14-19)32(35)36/h5-16,26H,1-4H3/b24-15+. The third-order valence-electron chi connectivity index (χ3n) is 6.26. The van der Waals surface area contributed by atoms with Gasteiger partial charge in [0.15, 0.2) is 4.80 Å². The van der Waals surface area contributed by atoms with Crippen molar-refractivity contribution in [3.8, 4) is 17.1 Å². The zero-order valence-corrected chi connectivity index (χ0v) is 22.9. The van der Waals surface area contributed by atoms with E-state index in [2.05, 4.69) is 4.99 Å². The average molecular weight is 560 g/mol. The number of non-ortho nitro benzene ring substituents is 1. The molecule has 0 amide bonds. The number of methoxy groups -OCH3 is 1. The topological polar surface area (TPSA) is 126 Å². The smallest absolute Gasteiger partial charge is 0.338 e. The predicted octanol–water partition coefficient (Wildman–Crippen LogP) is 4.36. The van der Waals surface area contributed by atoms with E-state index in [1.807, 2.05) is 0 Å². The highest BCUT2D eigenvalue weighted by molar-refractivity contribution is 7.07. The molecule has 1 aliphatic heterocycles. The van der Waals surface area contributed by atoms with Gasteiger partial charge in [-0.05, 0) is 50.6 Å². The van der Waals surface area contributed by atoms with E-state index in [1.165, 1.54) is 28.0 Å². The molecule has 4 aromatic rings. The molecule has 1 aliphatic rings. The van der Waals surface area contributed by atoms with Gasteiger partial charge in [-0.15, -0.1) is 0 Å². The average Bonchev–Trinajstić information content (AvgIpc) is 3.52. The molecule has 1 atom stereocenters. The van der Waals surface area contributed by atoms with E-state index in [-0.39, 0.29) is 22.9 Å². The largest absolute Gasteiger partial charge is 0.497 e. The molecular weight excluding hydrogens is 534 g/mol. The van der Waals surface area contributed by atoms with E-state index in [0.717, 1.165) is 0 Å². The van der Waals surface area contributed by atoms with Gasteiger partial charge in [-0.1, -0.05) is 35.6 Å². The van der Waals surface area contributed by atoms with Crippen LogP contribution in [0.4, 0.5) is 5.69 Å². The first-order chi connectivity index (χ1) is 19.2. The summed E-state index contributed by atoms with van der Waals surface area (Å²) in [7, 11) is 1.56. The quantitative estimate of drug-likeness (QED) is 0.187. The Labute approximate surface area is 232 Å². The van der Waals surface area contributed by atoms with Crippen LogP contribution in [-0.4, -0.2) is 28.7 Å². The van der Waals surface area contributed by atoms with Gasteiger partial charge in [0.05, 0.1) is 40.0 Å². The second-order valence-electron chi connectivity index (χ2n) is 9.32. The first-order valence-corrected chi connectivity index (χ1v) is 13.2. The van der Waals surface area contributed by atoms with Crippen LogP contribution >= 0.6 is 11.3 Å². The van der Waals surface area contributed by atoms with E-state index in [0.29, 0.717) is 43.4 Å². The Morgan fingerprint density at radius 1 is 1.18 bits per heavy atom. The van der Waals surface area contributed by atoms with Gasteiger partial charge in [0.2, 0.25) is 0 Å². The Balaban J connectivity index is 1.61. The Hall–Kier alpha value is -4.77. The number of esters is 1. The third-order valence-corrected chi connectivity index (χ3v) is 7.24. The van der Waals surface area contributed by atoms with Crippen LogP contribution in [0.15, 0.2) is 86.1 Å². The molecule has 0 saturated heterocycles. The van der Waals surface area contributed by atoms with E-state index in [9.17, 15) is 19.7 Å². The van der Waals surface area contributed by atoms with Crippen LogP contribution in [0.3, 0.4) is 0 Å². The monoisotopic (exact) mass is 559 g/mol. The van der Waals surface area contributed by atoms with Gasteiger partial charge in [-0.2, -0.15) is 0 Å². The summed E-state index contributed by atoms with van der Waals surface area (Å²) in [6.45, 7) is 5.25. The Kier molecular flexibility index (Phi) is 7.22. The van der Waals surface area contributed by atoms with Crippen molar-refractivity contribution in [3.63, 3.8) is 0 Å². The highest BCUT2D eigenvalue weighted by atomic mass is 32.1. The van der Waals surface area contributed by atoms with Crippen LogP contribution in [0.5, 0.6) is 5.75 Å². The number of aromatic nitrogens is 1. The van der Waals surface area contributed by atoms with Gasteiger partial charge in [0.1, 0.15) is 17.3 Å². The number of ether oxygens (including phenoxy) is 2. The maximum Gasteiger partial charge on any atom is 0.338 e. The first-order valence-electron chi connectivity index (χ1n) is 12.4. The van der Waals surface area contributed by atoms with E-state index >= 15 is 0 Å². The molecular formula is C29H25N3O7S. The fraction of sp³-hybridized carbons (Fsp3) is 0.207. The van der Waals surface area contributed by atoms with Crippen molar-refractivity contribution < 1.29 is 23.6 Å². The maximum atomic E-state index is 13.8. The van der Waals surface area contributed by atoms with E-state index in [4.69, 9.17) is 13.9 Å². The number of thiazole rings is 1. The minimum Gasteiger partial charge on any atom is -0.497 e. The number of hydrogen-bond acceptors (Lipinski definition) is 9. The molecule has 204 valence electrons. The second-order valence-corrected chi connectivity index (χ2v) is 10.3. The summed E-state index contributed by atoms with van der Waals surface area (Å²) >= 11 is 1.17. The Morgan fingerprint density at radius 3 is 2.60 bits per heavy atom. The summed E-state index contributed by atoms with van der Waals surface area (Å²) < 4.78 is 18.6. The molecule has 0 N–H and O–H groups in total. The van der Waals surface area contributed by atoms with Crippen molar-refractivity contribution in [1.29, 1.82) is 0 Å². The minimum atomic E-state index is -0.757. The number of nitrogens with zero attached hydrogens (tertiary/aromatic N) is 3. The molecule has 0 aliphatic carbocycles. The van der Waals surface area contributed by atoms with Gasteiger partial charge in [0, 0.05) is 23.8 Å². The van der Waals surface area contributed by atoms with Crippen molar-refractivity contribution >= 4 is 29.1 Å². The maximum absolute atomic E-state index is 13.8. The van der Waals surface area contributed by atoms with Gasteiger partial charge in [-0.25, -0.2) is 9.79 Å². The molecule has 5 rings (SSSR count). The van der Waals surface area contributed by atoms with Crippen LogP contribution in [-0.2, 0) is 9.53 Å². The lowest BCUT2D eigenvalue weighted by atomic mass is 9.96. The molecule has 2 aromatic carbocycles. The van der Waals surface area contributed by atoms with Crippen LogP contribution in [0.1, 0.15) is 38.1 Å². The van der Waals surface area contributed by atoms with Crippen molar-refractivity contribution in [2.24, 2.45) is 4.99 Å². The molecule has 0 fully saturated rings. The van der Waals surface area contributed by atoms with Crippen LogP contribution in [0.25, 0.3) is 17.4 Å². The number of fused-ring (bicyclic) bond motifs is 1. The molecule has 0 spiro atoms. The first kappa shape index (κ1) is 26.8. The number of benzene rings is 2. The van der Waals surface area contributed by atoms with Gasteiger partial charge in [-0.3, -0.25) is 19.5 Å². The predicted molar refractivity (Wildman–Crippen MR) is 149 cm³/mol. The second kappa shape index (κ2) is 10.8. The number of carbonyl (C=O) groups is 1. The lowest BCUT2D eigenvalue weighted by molar-refractivity contribution is -0.384. The molecule has 10 nitrogen and oxygen atoms in total. The number of carbonyl (C=O) groups excluding carboxylic acids is 1. The summed E-state index contributed by atoms with van der Waals surface area (Å²) in [5, 5.41) is 11.2. The summed E-state index contributed by atoms with van der Waals surface area (Å²) in [4.78, 5) is 42.7. The van der Waals surface area contributed by atoms with Crippen LogP contribution in [0, 0.1) is 10.1 Å². The zero-order valence-electron chi connectivity index (χ0n) is 22.1. The van der Waals surface area contributed by atoms with Crippen molar-refractivity contribution in [2.75, 3.05) is 7.11 Å². The van der Waals surface area contributed by atoms with E-state index in [1.54, 1.807) is 82.5 Å². The lowest BCUT2D eigenvalue weighted by Gasteiger charge is -2.25. The molecule has 0 bridgehead atoms. The fourth-order valence-corrected chi connectivity index (χ4v) is 5.48. The van der Waals surface area contributed by atoms with Gasteiger partial charge < -0.3 is 13.9 Å². The highest BCUT2D eigenvalue weighted by Crippen LogP contribution is 2.32. The summed E-state index contributed by atoms with van der Waals surface area (Å²) in [6.07, 6.45) is 1.24. The molecule has 40 heavy (non-hydrogen) atoms. The summed E-state index contributed by atoms with van der Waals surface area (Å²) in [5.41, 5.74) is 1.59. The van der Waals surface area contributed by atoms with Crippen molar-refractivity contribution in [3.05, 3.63) is 113 Å². The van der Waals surface area contributed by atoms with Crippen LogP contribution in [0.2, 0.25) is 0 Å². The zero-order chi connectivity index (χ0) is 28.6. The van der Waals surface area contributed by atoms with Gasteiger partial charge in [0.25, 0.3) is 11.2 Å². The SMILES string of the molecule is COc1ccc(C2C(C(=O)OC(C)C)=C(C)N=c3s/c(=C/c4ccc(-c5cccc([N+](=O)[O-])c5)o4)c(=O)n32)cc1. The number of hydrogen-bond donors (Lipinski definition) is 0. The molecule has 1 unspecified atom stereocenters. The summed E-state index contributed by atoms with van der Waals surface area (Å²) in [5.74, 6) is 0.913. The normalized spacial score (nSPS) is 15.1. The fourth-order valence-electron chi connectivity index (χ4n) is 4.45. The number of nitro groups is 1. The number of rotatable bonds is 7. The molecule has 2 aromatic heterocycles. The van der Waals surface area contributed by atoms with Gasteiger partial charge >= 0.3 is 5.97 Å². The molecule has 11 heteroatoms. The van der Waals surface area contributed by atoms with E-state index < -0.39 is 16.9 Å². The number of allylic oxidation sites excluding steroid dienone is 1. The number of nitro benzene ring substituents is 1. The third kappa shape index (κ3) is 5.10. The van der Waals surface area contributed by atoms with Crippen LogP contribution < -0.4 is 19.6 Å². The summed E-state index contributed by atoms with van der Waals surface area (Å²) in [6, 6.07) is 15.9. The molecule has 0 saturated carbocycles. The van der Waals surface area contributed by atoms with Crippen molar-refractivity contribution in [1.82, 2.24) is 4.57 Å². The highest BCUT2D eigenvalue weighted by Gasteiger charge is 2.33. The minimum absolute atomic E-state index is 0.0514. The Bertz CT molecular complexity index is 1830. The molecule has 0 radical (unpaired) electrons. The van der Waals surface area contributed by atoms with Crippen molar-refractivity contribution in [2.45, 2.75) is 32.9 Å². The Morgan fingerprint density at radius 2 is 1.93 bits per heavy atom.